The number of carbonyl (C=O) groups excluding carboxylic acids is 1. The molecule has 2 rings (SSSR count). The first-order valence-electron chi connectivity index (χ1n) is 5.91. The van der Waals surface area contributed by atoms with E-state index in [9.17, 15) is 4.79 Å². The summed E-state index contributed by atoms with van der Waals surface area (Å²) in [6.07, 6.45) is 6.89. The topological polar surface area (TPSA) is 39.2 Å². The Labute approximate surface area is 106 Å². The monoisotopic (exact) mass is 251 g/mol. The molecule has 4 heteroatoms. The van der Waals surface area contributed by atoms with E-state index in [0.29, 0.717) is 6.61 Å². The highest BCUT2D eigenvalue weighted by atomic mass is 32.1. The van der Waals surface area contributed by atoms with E-state index >= 15 is 0 Å². The Balaban J connectivity index is 1.85. The van der Waals surface area contributed by atoms with E-state index < -0.39 is 0 Å². The SMILES string of the molecule is Cc1nc(COC(=O)[C@H]2CC=CCC2)sc1C. The minimum Gasteiger partial charge on any atom is -0.458 e. The number of nitrogens with zero attached hydrogens (tertiary/aromatic N) is 1. The number of aromatic nitrogens is 1. The van der Waals surface area contributed by atoms with Gasteiger partial charge in [0.1, 0.15) is 11.6 Å². The van der Waals surface area contributed by atoms with Crippen LogP contribution in [0.4, 0.5) is 0 Å². The van der Waals surface area contributed by atoms with Crippen LogP contribution in [-0.2, 0) is 16.1 Å². The normalized spacial score (nSPS) is 19.3. The molecule has 0 amide bonds. The molecule has 0 N–H and O–H groups in total. The third kappa shape index (κ3) is 3.16. The Morgan fingerprint density at radius 2 is 2.35 bits per heavy atom. The second-order valence-electron chi connectivity index (χ2n) is 4.34. The number of allylic oxidation sites excluding steroid dienone is 2. The Hall–Kier alpha value is -1.16. The first-order valence-corrected chi connectivity index (χ1v) is 6.73. The molecular formula is C13H17NO2S. The van der Waals surface area contributed by atoms with Crippen LogP contribution in [0.3, 0.4) is 0 Å². The molecule has 1 aromatic heterocycles. The standard InChI is InChI=1S/C13H17NO2S/c1-9-10(2)17-12(14-9)8-16-13(15)11-6-4-3-5-7-11/h3-4,11H,5-8H2,1-2H3/t11-/m0/s1. The summed E-state index contributed by atoms with van der Waals surface area (Å²) in [7, 11) is 0. The number of rotatable bonds is 3. The number of thiazole rings is 1. The summed E-state index contributed by atoms with van der Waals surface area (Å²) in [5.74, 6) is -0.0398. The molecular weight excluding hydrogens is 234 g/mol. The maximum absolute atomic E-state index is 11.8. The van der Waals surface area contributed by atoms with Gasteiger partial charge in [0.25, 0.3) is 0 Å². The van der Waals surface area contributed by atoms with Crippen LogP contribution in [0.1, 0.15) is 34.8 Å². The Kier molecular flexibility index (Phi) is 3.94. The van der Waals surface area contributed by atoms with Crippen LogP contribution >= 0.6 is 11.3 Å². The minimum atomic E-state index is -0.0835. The number of carbonyl (C=O) groups is 1. The number of esters is 1. The van der Waals surface area contributed by atoms with Gasteiger partial charge in [-0.1, -0.05) is 12.2 Å². The van der Waals surface area contributed by atoms with Crippen molar-refractivity contribution in [3.05, 3.63) is 27.7 Å². The van der Waals surface area contributed by atoms with Crippen LogP contribution in [0.5, 0.6) is 0 Å². The van der Waals surface area contributed by atoms with Crippen molar-refractivity contribution >= 4 is 17.3 Å². The molecule has 0 saturated heterocycles. The molecule has 0 aromatic carbocycles. The van der Waals surface area contributed by atoms with Crippen LogP contribution in [0.2, 0.25) is 0 Å². The number of aryl methyl sites for hydroxylation is 2. The zero-order chi connectivity index (χ0) is 12.3. The largest absolute Gasteiger partial charge is 0.458 e. The molecule has 92 valence electrons. The van der Waals surface area contributed by atoms with E-state index in [1.54, 1.807) is 11.3 Å². The fraction of sp³-hybridized carbons (Fsp3) is 0.538. The molecule has 0 fully saturated rings. The van der Waals surface area contributed by atoms with Gasteiger partial charge in [-0.15, -0.1) is 11.3 Å². The fourth-order valence-electron chi connectivity index (χ4n) is 1.86. The molecule has 0 unspecified atom stereocenters. The highest BCUT2D eigenvalue weighted by Crippen LogP contribution is 2.21. The Morgan fingerprint density at radius 3 is 2.94 bits per heavy atom. The molecule has 0 saturated carbocycles. The van der Waals surface area contributed by atoms with Crippen molar-refractivity contribution in [3.63, 3.8) is 0 Å². The number of hydrogen-bond acceptors (Lipinski definition) is 4. The van der Waals surface area contributed by atoms with Crippen molar-refractivity contribution in [1.29, 1.82) is 0 Å². The fourth-order valence-corrected chi connectivity index (χ4v) is 2.71. The molecule has 0 radical (unpaired) electrons. The average molecular weight is 251 g/mol. The molecule has 3 nitrogen and oxygen atoms in total. The van der Waals surface area contributed by atoms with Crippen molar-refractivity contribution in [2.24, 2.45) is 5.92 Å². The summed E-state index contributed by atoms with van der Waals surface area (Å²) < 4.78 is 5.31. The average Bonchev–Trinajstić information content (AvgIpc) is 2.67. The molecule has 1 atom stereocenters. The zero-order valence-corrected chi connectivity index (χ0v) is 11.0. The van der Waals surface area contributed by atoms with Gasteiger partial charge in [-0.25, -0.2) is 4.98 Å². The predicted octanol–water partition coefficient (Wildman–Crippen LogP) is 3.16. The Morgan fingerprint density at radius 1 is 1.53 bits per heavy atom. The number of hydrogen-bond donors (Lipinski definition) is 0. The van der Waals surface area contributed by atoms with E-state index in [4.69, 9.17) is 4.74 Å². The van der Waals surface area contributed by atoms with Crippen LogP contribution in [0, 0.1) is 19.8 Å². The van der Waals surface area contributed by atoms with Crippen LogP contribution in [0.25, 0.3) is 0 Å². The second-order valence-corrected chi connectivity index (χ2v) is 5.63. The maximum Gasteiger partial charge on any atom is 0.309 e. The summed E-state index contributed by atoms with van der Waals surface area (Å²) in [5, 5.41) is 0.889. The van der Waals surface area contributed by atoms with E-state index in [0.717, 1.165) is 30.0 Å². The minimum absolute atomic E-state index is 0.0437. The first-order chi connectivity index (χ1) is 8.16. The van der Waals surface area contributed by atoms with Gasteiger partial charge in [0.2, 0.25) is 0 Å². The third-order valence-electron chi connectivity index (χ3n) is 3.01. The lowest BCUT2D eigenvalue weighted by Crippen LogP contribution is -2.18. The van der Waals surface area contributed by atoms with Gasteiger partial charge in [-0.05, 0) is 33.1 Å². The van der Waals surface area contributed by atoms with Crippen molar-refractivity contribution in [3.8, 4) is 0 Å². The van der Waals surface area contributed by atoms with E-state index in [2.05, 4.69) is 17.1 Å². The summed E-state index contributed by atoms with van der Waals surface area (Å²) in [6, 6.07) is 0. The predicted molar refractivity (Wildman–Crippen MR) is 67.9 cm³/mol. The molecule has 0 aliphatic heterocycles. The van der Waals surface area contributed by atoms with Crippen LogP contribution in [0.15, 0.2) is 12.2 Å². The van der Waals surface area contributed by atoms with Gasteiger partial charge in [0, 0.05) is 4.88 Å². The Bertz CT molecular complexity index is 417. The molecule has 1 aliphatic rings. The van der Waals surface area contributed by atoms with E-state index in [1.165, 1.54) is 4.88 Å². The van der Waals surface area contributed by atoms with Crippen molar-refractivity contribution < 1.29 is 9.53 Å². The van der Waals surface area contributed by atoms with E-state index in [-0.39, 0.29) is 11.9 Å². The molecule has 17 heavy (non-hydrogen) atoms. The molecule has 1 aliphatic carbocycles. The van der Waals surface area contributed by atoms with Crippen molar-refractivity contribution in [1.82, 2.24) is 4.98 Å². The molecule has 1 aromatic rings. The summed E-state index contributed by atoms with van der Waals surface area (Å²) in [6.45, 7) is 4.33. The smallest absolute Gasteiger partial charge is 0.309 e. The van der Waals surface area contributed by atoms with Gasteiger partial charge >= 0.3 is 5.97 Å². The summed E-state index contributed by atoms with van der Waals surface area (Å²) in [4.78, 5) is 17.3. The lowest BCUT2D eigenvalue weighted by molar-refractivity contribution is -0.150. The lowest BCUT2D eigenvalue weighted by atomic mass is 9.95. The third-order valence-corrected chi connectivity index (χ3v) is 4.06. The molecule has 0 bridgehead atoms. The lowest BCUT2D eigenvalue weighted by Gasteiger charge is -2.15. The van der Waals surface area contributed by atoms with Gasteiger partial charge in [0.05, 0.1) is 11.6 Å². The van der Waals surface area contributed by atoms with Gasteiger partial charge < -0.3 is 4.74 Å². The highest BCUT2D eigenvalue weighted by Gasteiger charge is 2.20. The quantitative estimate of drug-likeness (QED) is 0.612. The van der Waals surface area contributed by atoms with E-state index in [1.807, 2.05) is 13.8 Å². The first kappa shape index (κ1) is 12.3. The summed E-state index contributed by atoms with van der Waals surface area (Å²) >= 11 is 1.60. The zero-order valence-electron chi connectivity index (χ0n) is 10.2. The van der Waals surface area contributed by atoms with Crippen LogP contribution < -0.4 is 0 Å². The number of ether oxygens (including phenoxy) is 1. The van der Waals surface area contributed by atoms with Crippen LogP contribution in [-0.4, -0.2) is 11.0 Å². The maximum atomic E-state index is 11.8. The summed E-state index contributed by atoms with van der Waals surface area (Å²) in [5.41, 5.74) is 1.03. The van der Waals surface area contributed by atoms with Gasteiger partial charge in [-0.2, -0.15) is 0 Å². The molecule has 0 spiro atoms. The molecule has 1 heterocycles. The van der Waals surface area contributed by atoms with Gasteiger partial charge in [0.15, 0.2) is 0 Å². The van der Waals surface area contributed by atoms with Crippen molar-refractivity contribution in [2.75, 3.05) is 0 Å². The highest BCUT2D eigenvalue weighted by molar-refractivity contribution is 7.11. The van der Waals surface area contributed by atoms with Crippen molar-refractivity contribution in [2.45, 2.75) is 39.7 Å². The second kappa shape index (κ2) is 5.45. The van der Waals surface area contributed by atoms with Gasteiger partial charge in [-0.3, -0.25) is 4.79 Å².